The fourth-order valence-electron chi connectivity index (χ4n) is 9.93. The first-order chi connectivity index (χ1) is 35.1. The van der Waals surface area contributed by atoms with Crippen LogP contribution in [0.1, 0.15) is 88.7 Å². The Kier molecular flexibility index (Phi) is 11.1. The number of aromatic hydroxyl groups is 1. The van der Waals surface area contributed by atoms with Crippen LogP contribution < -0.4 is 0 Å². The summed E-state index contributed by atoms with van der Waals surface area (Å²) in [6.45, 7) is 16.8. The van der Waals surface area contributed by atoms with E-state index in [1.807, 2.05) is 102 Å². The van der Waals surface area contributed by atoms with E-state index < -0.39 is 12.3 Å². The molecular weight excluding hydrogens is 863 g/mol. The molecule has 0 bridgehead atoms. The van der Waals surface area contributed by atoms with Crippen molar-refractivity contribution in [3.05, 3.63) is 217 Å². The number of rotatable bonds is 8. The molecule has 0 fully saturated rings. The summed E-state index contributed by atoms with van der Waals surface area (Å²) < 4.78 is 30.0. The van der Waals surface area contributed by atoms with Crippen molar-refractivity contribution in [2.45, 2.75) is 85.4 Å². The van der Waals surface area contributed by atoms with Crippen LogP contribution in [0.25, 0.3) is 95.0 Å². The van der Waals surface area contributed by atoms with Crippen molar-refractivity contribution in [3.8, 4) is 89.7 Å². The van der Waals surface area contributed by atoms with Crippen molar-refractivity contribution in [2.24, 2.45) is 0 Å². The molecule has 0 spiro atoms. The molecule has 0 aliphatic rings. The Labute approximate surface area is 424 Å². The van der Waals surface area contributed by atoms with Gasteiger partial charge in [-0.2, -0.15) is 0 Å². The first-order valence-electron chi connectivity index (χ1n) is 26.1. The SMILES string of the molecule is [2H]C([2H])([2H])c1cc(-c2c(-c3ccccc3)cccc2C(C)(C)C)ccc1-n1c(-c2cc(C(C)(C)C)cc(C(C)(C)C)c2O)nc2c(-c3cc(-c4ccccc4)cc(-c4cc(-c5ccccc5)ccn4)c3)cccc21. The number of hydrogen-bond acceptors (Lipinski definition) is 3. The van der Waals surface area contributed by atoms with E-state index >= 15 is 0 Å². The van der Waals surface area contributed by atoms with Crippen molar-refractivity contribution in [1.82, 2.24) is 14.5 Å². The van der Waals surface area contributed by atoms with E-state index in [9.17, 15) is 9.22 Å². The van der Waals surface area contributed by atoms with Crippen LogP contribution in [0.2, 0.25) is 0 Å². The van der Waals surface area contributed by atoms with E-state index in [4.69, 9.17) is 9.97 Å². The second kappa shape index (κ2) is 18.2. The molecule has 352 valence electrons. The number of benzene rings is 8. The summed E-state index contributed by atoms with van der Waals surface area (Å²) in [5.74, 6) is 0.552. The molecule has 4 heteroatoms. The zero-order chi connectivity index (χ0) is 52.3. The number of nitrogens with zero attached hydrogens (tertiary/aromatic N) is 3. The molecule has 2 heterocycles. The predicted octanol–water partition coefficient (Wildman–Crippen LogP) is 18.0. The third kappa shape index (κ3) is 9.12. The van der Waals surface area contributed by atoms with Crippen molar-refractivity contribution in [2.75, 3.05) is 0 Å². The molecule has 0 aliphatic carbocycles. The van der Waals surface area contributed by atoms with Gasteiger partial charge in [0, 0.05) is 27.0 Å². The maximum absolute atomic E-state index is 12.7. The molecule has 0 unspecified atom stereocenters. The van der Waals surface area contributed by atoms with Gasteiger partial charge < -0.3 is 5.11 Å². The third-order valence-corrected chi connectivity index (χ3v) is 13.7. The molecule has 0 amide bonds. The molecular formula is C67H63N3O. The highest BCUT2D eigenvalue weighted by Gasteiger charge is 2.30. The van der Waals surface area contributed by atoms with Crippen LogP contribution in [0.4, 0.5) is 0 Å². The average molecular weight is 929 g/mol. The Morgan fingerprint density at radius 1 is 0.451 bits per heavy atom. The van der Waals surface area contributed by atoms with Gasteiger partial charge in [0.05, 0.1) is 28.0 Å². The van der Waals surface area contributed by atoms with E-state index in [2.05, 4.69) is 159 Å². The molecule has 71 heavy (non-hydrogen) atoms. The van der Waals surface area contributed by atoms with Crippen molar-refractivity contribution < 1.29 is 9.22 Å². The van der Waals surface area contributed by atoms with Gasteiger partial charge in [-0.05, 0) is 144 Å². The van der Waals surface area contributed by atoms with Gasteiger partial charge in [0.1, 0.15) is 11.6 Å². The smallest absolute Gasteiger partial charge is 0.149 e. The molecule has 2 aromatic heterocycles. The third-order valence-electron chi connectivity index (χ3n) is 13.7. The summed E-state index contributed by atoms with van der Waals surface area (Å²) in [4.78, 5) is 10.5. The van der Waals surface area contributed by atoms with Crippen molar-refractivity contribution in [1.29, 1.82) is 0 Å². The minimum absolute atomic E-state index is 0.111. The molecule has 0 saturated heterocycles. The quantitative estimate of drug-likeness (QED) is 0.165. The molecule has 0 aliphatic heterocycles. The lowest BCUT2D eigenvalue weighted by molar-refractivity contribution is 0.446. The minimum Gasteiger partial charge on any atom is -0.507 e. The van der Waals surface area contributed by atoms with E-state index in [1.54, 1.807) is 0 Å². The maximum atomic E-state index is 12.7. The summed E-state index contributed by atoms with van der Waals surface area (Å²) in [5, 5.41) is 12.7. The average Bonchev–Trinajstić information content (AvgIpc) is 3.77. The summed E-state index contributed by atoms with van der Waals surface area (Å²) in [6, 6.07) is 64.2. The molecule has 1 N–H and O–H groups in total. The van der Waals surface area contributed by atoms with Crippen LogP contribution in [0.15, 0.2) is 194 Å². The van der Waals surface area contributed by atoms with Gasteiger partial charge in [-0.3, -0.25) is 9.55 Å². The highest BCUT2D eigenvalue weighted by Crippen LogP contribution is 2.47. The number of phenols is 1. The lowest BCUT2D eigenvalue weighted by Crippen LogP contribution is -2.17. The Morgan fingerprint density at radius 2 is 1.06 bits per heavy atom. The zero-order valence-corrected chi connectivity index (χ0v) is 42.3. The standard InChI is InChI=1S/C67H63N3O/c1-43-36-48(61-53(46-26-18-13-19-27-46)28-20-30-56(61)66(5,6)7)32-33-59(43)70-60-31-21-29-54(62(60)69-64(70)55-41-52(65(2,3)4)42-57(63(55)71)67(8,9)10)50-37-49(45-24-16-12-17-25-45)38-51(39-50)58-40-47(34-35-68-58)44-22-14-11-15-23-44/h11-42,71H,1-10H3/i1D3. The van der Waals surface area contributed by atoms with Crippen molar-refractivity contribution in [3.63, 3.8) is 0 Å². The molecule has 8 aromatic carbocycles. The lowest BCUT2D eigenvalue weighted by atomic mass is 9.78. The monoisotopic (exact) mass is 929 g/mol. The van der Waals surface area contributed by atoms with Gasteiger partial charge in [-0.25, -0.2) is 4.98 Å². The van der Waals surface area contributed by atoms with Gasteiger partial charge in [-0.1, -0.05) is 196 Å². The minimum atomic E-state index is -2.56. The lowest BCUT2D eigenvalue weighted by Gasteiger charge is -2.28. The number of hydrogen-bond donors (Lipinski definition) is 1. The van der Waals surface area contributed by atoms with Crippen LogP contribution in [0.3, 0.4) is 0 Å². The van der Waals surface area contributed by atoms with Crippen LogP contribution in [-0.4, -0.2) is 19.6 Å². The topological polar surface area (TPSA) is 50.9 Å². The number of para-hydroxylation sites is 1. The molecule has 0 atom stereocenters. The first-order valence-corrected chi connectivity index (χ1v) is 24.6. The summed E-state index contributed by atoms with van der Waals surface area (Å²) >= 11 is 0. The van der Waals surface area contributed by atoms with Crippen LogP contribution in [0, 0.1) is 6.85 Å². The van der Waals surface area contributed by atoms with Crippen molar-refractivity contribution >= 4 is 11.0 Å². The van der Waals surface area contributed by atoms with Gasteiger partial charge >= 0.3 is 0 Å². The Balaban J connectivity index is 1.28. The highest BCUT2D eigenvalue weighted by atomic mass is 16.3. The Hall–Kier alpha value is -7.82. The van der Waals surface area contributed by atoms with Gasteiger partial charge in [0.15, 0.2) is 0 Å². The van der Waals surface area contributed by atoms with E-state index in [0.717, 1.165) is 83.6 Å². The Morgan fingerprint density at radius 3 is 1.70 bits per heavy atom. The molecule has 10 rings (SSSR count). The number of phenolic OH excluding ortho intramolecular Hbond substituents is 1. The van der Waals surface area contributed by atoms with E-state index in [0.29, 0.717) is 28.1 Å². The van der Waals surface area contributed by atoms with Crippen LogP contribution >= 0.6 is 0 Å². The summed E-state index contributed by atoms with van der Waals surface area (Å²) in [5.41, 5.74) is 16.1. The van der Waals surface area contributed by atoms with E-state index in [-0.39, 0.29) is 22.1 Å². The van der Waals surface area contributed by atoms with E-state index in [1.165, 1.54) is 0 Å². The van der Waals surface area contributed by atoms with Gasteiger partial charge in [-0.15, -0.1) is 0 Å². The molecule has 4 nitrogen and oxygen atoms in total. The summed E-state index contributed by atoms with van der Waals surface area (Å²) in [7, 11) is 0. The first kappa shape index (κ1) is 43.2. The van der Waals surface area contributed by atoms with Crippen LogP contribution in [0.5, 0.6) is 5.75 Å². The normalized spacial score (nSPS) is 12.9. The maximum Gasteiger partial charge on any atom is 0.149 e. The largest absolute Gasteiger partial charge is 0.507 e. The fraction of sp³-hybridized carbons (Fsp3) is 0.194. The second-order valence-corrected chi connectivity index (χ2v) is 21.9. The predicted molar refractivity (Wildman–Crippen MR) is 299 cm³/mol. The number of aromatic nitrogens is 3. The number of aryl methyl sites for hydroxylation is 1. The van der Waals surface area contributed by atoms with Crippen LogP contribution in [-0.2, 0) is 16.2 Å². The molecule has 10 aromatic rings. The Bertz CT molecular complexity index is 3700. The number of fused-ring (bicyclic) bond motifs is 1. The van der Waals surface area contributed by atoms with Gasteiger partial charge in [0.2, 0.25) is 0 Å². The molecule has 0 radical (unpaired) electrons. The zero-order valence-electron chi connectivity index (χ0n) is 45.3. The highest BCUT2D eigenvalue weighted by molar-refractivity contribution is 5.98. The fourth-order valence-corrected chi connectivity index (χ4v) is 9.93. The second-order valence-electron chi connectivity index (χ2n) is 21.9. The molecule has 0 saturated carbocycles. The number of pyridine rings is 1. The number of imidazole rings is 1. The van der Waals surface area contributed by atoms with Gasteiger partial charge in [0.25, 0.3) is 0 Å². The summed E-state index contributed by atoms with van der Waals surface area (Å²) in [6.07, 6.45) is 1.86.